The van der Waals surface area contributed by atoms with Crippen molar-refractivity contribution in [2.75, 3.05) is 26.8 Å². The quantitative estimate of drug-likeness (QED) is 0.707. The monoisotopic (exact) mass is 373 g/mol. The molecule has 1 amide bonds. The van der Waals surface area contributed by atoms with Crippen molar-refractivity contribution in [1.29, 1.82) is 0 Å². The Bertz CT molecular complexity index is 738. The molecule has 1 aromatic heterocycles. The van der Waals surface area contributed by atoms with Gasteiger partial charge in [0.25, 0.3) is 5.89 Å². The number of aromatic nitrogens is 2. The van der Waals surface area contributed by atoms with Crippen LogP contribution in [0.3, 0.4) is 0 Å². The molecule has 2 heterocycles. The standard InChI is InChI=1S/C20H27N3O4/c1-15-5-3-4-6-16(15)13-20(24)23-10-7-17(8-11-23)26-12-9-18-21-19(14-25-2)27-22-18/h3-6,17H,7-14H2,1-2H3. The number of carbonyl (C=O) groups excluding carboxylic acids is 1. The van der Waals surface area contributed by atoms with E-state index in [1.165, 1.54) is 5.56 Å². The van der Waals surface area contributed by atoms with E-state index in [1.54, 1.807) is 7.11 Å². The summed E-state index contributed by atoms with van der Waals surface area (Å²) in [6, 6.07) is 8.06. The number of piperidine rings is 1. The summed E-state index contributed by atoms with van der Waals surface area (Å²) >= 11 is 0. The minimum Gasteiger partial charge on any atom is -0.378 e. The number of amides is 1. The molecular formula is C20H27N3O4. The zero-order valence-corrected chi connectivity index (χ0v) is 16.0. The Morgan fingerprint density at radius 1 is 1.30 bits per heavy atom. The molecule has 0 radical (unpaired) electrons. The maximum Gasteiger partial charge on any atom is 0.252 e. The van der Waals surface area contributed by atoms with E-state index in [1.807, 2.05) is 36.1 Å². The fourth-order valence-electron chi connectivity index (χ4n) is 3.25. The van der Waals surface area contributed by atoms with Crippen molar-refractivity contribution in [2.24, 2.45) is 0 Å². The van der Waals surface area contributed by atoms with Crippen LogP contribution in [0.1, 0.15) is 35.7 Å². The van der Waals surface area contributed by atoms with Crippen LogP contribution < -0.4 is 0 Å². The number of nitrogens with zero attached hydrogens (tertiary/aromatic N) is 3. The van der Waals surface area contributed by atoms with Gasteiger partial charge in [0.05, 0.1) is 19.1 Å². The van der Waals surface area contributed by atoms with Crippen LogP contribution in [0.5, 0.6) is 0 Å². The highest BCUT2D eigenvalue weighted by atomic mass is 16.5. The van der Waals surface area contributed by atoms with Gasteiger partial charge in [-0.3, -0.25) is 4.79 Å². The van der Waals surface area contributed by atoms with Gasteiger partial charge in [0.1, 0.15) is 6.61 Å². The fourth-order valence-corrected chi connectivity index (χ4v) is 3.25. The molecular weight excluding hydrogens is 346 g/mol. The first kappa shape index (κ1) is 19.5. The van der Waals surface area contributed by atoms with Crippen molar-refractivity contribution in [3.05, 3.63) is 47.1 Å². The lowest BCUT2D eigenvalue weighted by Crippen LogP contribution is -2.41. The first-order valence-electron chi connectivity index (χ1n) is 9.40. The molecule has 0 unspecified atom stereocenters. The number of carbonyl (C=O) groups is 1. The highest BCUT2D eigenvalue weighted by molar-refractivity contribution is 5.79. The van der Waals surface area contributed by atoms with Crippen molar-refractivity contribution in [2.45, 2.75) is 45.3 Å². The fraction of sp³-hybridized carbons (Fsp3) is 0.550. The third-order valence-corrected chi connectivity index (χ3v) is 4.85. The van der Waals surface area contributed by atoms with Crippen LogP contribution in [0.2, 0.25) is 0 Å². The summed E-state index contributed by atoms with van der Waals surface area (Å²) in [6.07, 6.45) is 2.98. The second kappa shape index (κ2) is 9.62. The molecule has 7 heteroatoms. The highest BCUT2D eigenvalue weighted by Gasteiger charge is 2.23. The molecule has 3 rings (SSSR count). The van der Waals surface area contributed by atoms with Crippen LogP contribution in [0.25, 0.3) is 0 Å². The summed E-state index contributed by atoms with van der Waals surface area (Å²) in [5, 5.41) is 3.90. The number of hydrogen-bond acceptors (Lipinski definition) is 6. The van der Waals surface area contributed by atoms with E-state index < -0.39 is 0 Å². The molecule has 0 bridgehead atoms. The lowest BCUT2D eigenvalue weighted by atomic mass is 10.0. The Hall–Kier alpha value is -2.25. The minimum absolute atomic E-state index is 0.179. The SMILES string of the molecule is COCc1nc(CCOC2CCN(C(=O)Cc3ccccc3C)CC2)no1. The molecule has 1 aliphatic rings. The van der Waals surface area contributed by atoms with E-state index >= 15 is 0 Å². The van der Waals surface area contributed by atoms with Crippen molar-refractivity contribution in [1.82, 2.24) is 15.0 Å². The summed E-state index contributed by atoms with van der Waals surface area (Å²) < 4.78 is 15.9. The van der Waals surface area contributed by atoms with Crippen molar-refractivity contribution in [3.8, 4) is 0 Å². The summed E-state index contributed by atoms with van der Waals surface area (Å²) in [4.78, 5) is 18.7. The molecule has 0 N–H and O–H groups in total. The van der Waals surface area contributed by atoms with Crippen LogP contribution in [-0.4, -0.2) is 53.9 Å². The van der Waals surface area contributed by atoms with Gasteiger partial charge in [0.2, 0.25) is 5.91 Å². The van der Waals surface area contributed by atoms with Gasteiger partial charge in [-0.2, -0.15) is 4.98 Å². The maximum atomic E-state index is 12.5. The van der Waals surface area contributed by atoms with E-state index in [-0.39, 0.29) is 12.0 Å². The smallest absolute Gasteiger partial charge is 0.252 e. The molecule has 7 nitrogen and oxygen atoms in total. The number of benzene rings is 1. The number of aryl methyl sites for hydroxylation is 1. The topological polar surface area (TPSA) is 77.7 Å². The molecule has 2 aromatic rings. The van der Waals surface area contributed by atoms with E-state index in [2.05, 4.69) is 10.1 Å². The predicted molar refractivity (Wildman–Crippen MR) is 99.2 cm³/mol. The summed E-state index contributed by atoms with van der Waals surface area (Å²) in [7, 11) is 1.59. The first-order chi connectivity index (χ1) is 13.2. The Morgan fingerprint density at radius 3 is 2.81 bits per heavy atom. The Balaban J connectivity index is 1.37. The molecule has 0 atom stereocenters. The van der Waals surface area contributed by atoms with E-state index in [4.69, 9.17) is 14.0 Å². The minimum atomic E-state index is 0.179. The van der Waals surface area contributed by atoms with Gasteiger partial charge in [0, 0.05) is 26.6 Å². The van der Waals surface area contributed by atoms with Gasteiger partial charge in [-0.05, 0) is 30.9 Å². The van der Waals surface area contributed by atoms with Crippen molar-refractivity contribution >= 4 is 5.91 Å². The molecule has 1 saturated heterocycles. The van der Waals surface area contributed by atoms with Crippen molar-refractivity contribution < 1.29 is 18.8 Å². The number of rotatable bonds is 8. The predicted octanol–water partition coefficient (Wildman–Crippen LogP) is 2.32. The normalized spacial score (nSPS) is 15.3. The third kappa shape index (κ3) is 5.61. The molecule has 1 fully saturated rings. The Kier molecular flexibility index (Phi) is 6.95. The number of ether oxygens (including phenoxy) is 2. The second-order valence-electron chi connectivity index (χ2n) is 6.84. The van der Waals surface area contributed by atoms with Gasteiger partial charge >= 0.3 is 0 Å². The lowest BCUT2D eigenvalue weighted by Gasteiger charge is -2.32. The zero-order valence-electron chi connectivity index (χ0n) is 16.0. The average molecular weight is 373 g/mol. The zero-order chi connectivity index (χ0) is 19.1. The first-order valence-corrected chi connectivity index (χ1v) is 9.40. The maximum absolute atomic E-state index is 12.5. The highest BCUT2D eigenvalue weighted by Crippen LogP contribution is 2.16. The summed E-state index contributed by atoms with van der Waals surface area (Å²) in [5.41, 5.74) is 2.27. The van der Waals surface area contributed by atoms with E-state index in [0.717, 1.165) is 31.5 Å². The molecule has 146 valence electrons. The molecule has 27 heavy (non-hydrogen) atoms. The third-order valence-electron chi connectivity index (χ3n) is 4.85. The van der Waals surface area contributed by atoms with Gasteiger partial charge in [0.15, 0.2) is 5.82 Å². The molecule has 0 aliphatic carbocycles. The van der Waals surface area contributed by atoms with Crippen LogP contribution in [-0.2, 0) is 33.7 Å². The van der Waals surface area contributed by atoms with Crippen LogP contribution in [0, 0.1) is 6.92 Å². The van der Waals surface area contributed by atoms with Crippen molar-refractivity contribution in [3.63, 3.8) is 0 Å². The Morgan fingerprint density at radius 2 is 2.07 bits per heavy atom. The number of methoxy groups -OCH3 is 1. The van der Waals surface area contributed by atoms with Crippen LogP contribution in [0.15, 0.2) is 28.8 Å². The van der Waals surface area contributed by atoms with Gasteiger partial charge in [-0.15, -0.1) is 0 Å². The van der Waals surface area contributed by atoms with Gasteiger partial charge in [-0.1, -0.05) is 29.4 Å². The lowest BCUT2D eigenvalue weighted by molar-refractivity contribution is -0.133. The van der Waals surface area contributed by atoms with Gasteiger partial charge < -0.3 is 18.9 Å². The number of hydrogen-bond donors (Lipinski definition) is 0. The van der Waals surface area contributed by atoms with E-state index in [9.17, 15) is 4.79 Å². The molecule has 0 spiro atoms. The molecule has 0 saturated carbocycles. The van der Waals surface area contributed by atoms with Gasteiger partial charge in [-0.25, -0.2) is 0 Å². The summed E-state index contributed by atoms with van der Waals surface area (Å²) in [5.74, 6) is 1.31. The summed E-state index contributed by atoms with van der Waals surface area (Å²) in [6.45, 7) is 4.41. The molecule has 1 aliphatic heterocycles. The van der Waals surface area contributed by atoms with Crippen LogP contribution >= 0.6 is 0 Å². The average Bonchev–Trinajstić information content (AvgIpc) is 3.12. The Labute approximate surface area is 159 Å². The number of likely N-dealkylation sites (tertiary alicyclic amines) is 1. The van der Waals surface area contributed by atoms with E-state index in [0.29, 0.717) is 37.8 Å². The molecule has 1 aromatic carbocycles. The largest absolute Gasteiger partial charge is 0.378 e. The second-order valence-corrected chi connectivity index (χ2v) is 6.84. The van der Waals surface area contributed by atoms with Crippen LogP contribution in [0.4, 0.5) is 0 Å².